The van der Waals surface area contributed by atoms with Gasteiger partial charge in [-0.2, -0.15) is 0 Å². The third-order valence-corrected chi connectivity index (χ3v) is 5.30. The van der Waals surface area contributed by atoms with Crippen LogP contribution in [-0.4, -0.2) is 37.2 Å². The Morgan fingerprint density at radius 3 is 1.36 bits per heavy atom. The topological polar surface area (TPSA) is 4.44 Å². The van der Waals surface area contributed by atoms with E-state index in [1.165, 1.54) is 99.9 Å². The molecule has 0 atom stereocenters. The van der Waals surface area contributed by atoms with Crippen molar-refractivity contribution in [2.75, 3.05) is 32.7 Å². The molecule has 0 radical (unpaired) electrons. The number of benzene rings is 1. The van der Waals surface area contributed by atoms with Crippen LogP contribution in [-0.2, 0) is 13.1 Å². The summed E-state index contributed by atoms with van der Waals surface area (Å²) in [7, 11) is 0. The molecule has 0 aliphatic heterocycles. The molecule has 1 aromatic rings. The lowest BCUT2D eigenvalue weighted by atomic mass is 10.1. The molecule has 28 heavy (non-hydrogen) atoms. The minimum atomic E-state index is 1.18. The van der Waals surface area contributed by atoms with E-state index in [2.05, 4.69) is 72.7 Å². The van der Waals surface area contributed by atoms with Gasteiger partial charge in [-0.05, 0) is 32.1 Å². The molecule has 0 aromatic heterocycles. The Bertz CT molecular complexity index is 429. The van der Waals surface area contributed by atoms with Crippen LogP contribution >= 0.6 is 0 Å². The lowest BCUT2D eigenvalue weighted by Gasteiger charge is -2.38. The maximum absolute atomic E-state index is 2.40. The van der Waals surface area contributed by atoms with Gasteiger partial charge >= 0.3 is 0 Å². The van der Waals surface area contributed by atoms with E-state index in [9.17, 15) is 0 Å². The van der Waals surface area contributed by atoms with E-state index in [-0.39, 0.29) is 0 Å². The molecule has 0 aliphatic carbocycles. The van der Waals surface area contributed by atoms with Gasteiger partial charge in [-0.3, -0.25) is 0 Å². The van der Waals surface area contributed by atoms with Crippen LogP contribution in [0, 0.1) is 0 Å². The average molecular weight is 393 g/mol. The molecule has 0 bridgehead atoms. The van der Waals surface area contributed by atoms with Crippen molar-refractivity contribution in [1.82, 2.24) is 0 Å². The molecule has 0 aliphatic rings. The SMILES string of the molecule is CCC.CCC[NH+](CCC)Cc1ccc(C[N+](CCC)(CCC)CCC)cc1. The van der Waals surface area contributed by atoms with E-state index >= 15 is 0 Å². The van der Waals surface area contributed by atoms with Crippen molar-refractivity contribution >= 4 is 0 Å². The number of nitrogens with zero attached hydrogens (tertiary/aromatic N) is 1. The van der Waals surface area contributed by atoms with Crippen LogP contribution in [0.3, 0.4) is 0 Å². The molecular weight excluding hydrogens is 340 g/mol. The van der Waals surface area contributed by atoms with Crippen molar-refractivity contribution < 1.29 is 9.38 Å². The van der Waals surface area contributed by atoms with E-state index < -0.39 is 0 Å². The monoisotopic (exact) mass is 392 g/mol. The van der Waals surface area contributed by atoms with Crippen molar-refractivity contribution in [3.05, 3.63) is 35.4 Å². The van der Waals surface area contributed by atoms with Gasteiger partial charge in [0.1, 0.15) is 13.1 Å². The Balaban J connectivity index is 0.00000227. The smallest absolute Gasteiger partial charge is 0.104 e. The van der Waals surface area contributed by atoms with Gasteiger partial charge in [-0.25, -0.2) is 0 Å². The first-order chi connectivity index (χ1) is 13.5. The van der Waals surface area contributed by atoms with Gasteiger partial charge in [0.15, 0.2) is 0 Å². The zero-order valence-electron chi connectivity index (χ0n) is 20.4. The number of hydrogen-bond acceptors (Lipinski definition) is 0. The van der Waals surface area contributed by atoms with E-state index in [4.69, 9.17) is 0 Å². The molecule has 0 amide bonds. The second-order valence-corrected chi connectivity index (χ2v) is 8.62. The third-order valence-electron chi connectivity index (χ3n) is 5.30. The molecule has 0 fully saturated rings. The Labute approximate surface area is 177 Å². The van der Waals surface area contributed by atoms with Crippen LogP contribution in [0.2, 0.25) is 0 Å². The molecule has 0 unspecified atom stereocenters. The van der Waals surface area contributed by atoms with E-state index in [0.29, 0.717) is 0 Å². The van der Waals surface area contributed by atoms with Gasteiger partial charge in [-0.15, -0.1) is 0 Å². The van der Waals surface area contributed by atoms with Crippen molar-refractivity contribution in [1.29, 1.82) is 0 Å². The molecule has 2 nitrogen and oxygen atoms in total. The summed E-state index contributed by atoms with van der Waals surface area (Å²) >= 11 is 0. The van der Waals surface area contributed by atoms with Crippen LogP contribution < -0.4 is 4.90 Å². The highest BCUT2D eigenvalue weighted by Crippen LogP contribution is 2.18. The van der Waals surface area contributed by atoms with Crippen LogP contribution in [0.4, 0.5) is 0 Å². The number of nitrogens with one attached hydrogen (secondary N) is 1. The molecular formula is C26H52N2+2. The van der Waals surface area contributed by atoms with Crippen molar-refractivity contribution in [3.8, 4) is 0 Å². The normalized spacial score (nSPS) is 11.4. The van der Waals surface area contributed by atoms with Crippen molar-refractivity contribution in [3.63, 3.8) is 0 Å². The minimum Gasteiger partial charge on any atom is -0.331 e. The summed E-state index contributed by atoms with van der Waals surface area (Å²) in [5, 5.41) is 0. The highest BCUT2D eigenvalue weighted by molar-refractivity contribution is 5.21. The standard InChI is InChI=1S/C23H43N2.C3H8/c1-6-15-24(16-7-2)20-22-11-13-23(14-12-22)21-25(17-8-3,18-9-4)19-10-5;1-3-2/h11-14H,6-10,15-21H2,1-5H3;3H2,1-2H3/q+1;/p+1. The van der Waals surface area contributed by atoms with Crippen molar-refractivity contribution in [2.45, 2.75) is 100 Å². The van der Waals surface area contributed by atoms with Gasteiger partial charge in [0.05, 0.1) is 32.7 Å². The summed E-state index contributed by atoms with van der Waals surface area (Å²) in [6.07, 6.45) is 7.65. The summed E-state index contributed by atoms with van der Waals surface area (Å²) < 4.78 is 1.27. The molecule has 2 heteroatoms. The Hall–Kier alpha value is -0.860. The molecule has 0 spiro atoms. The van der Waals surface area contributed by atoms with Crippen LogP contribution in [0.1, 0.15) is 98.1 Å². The molecule has 0 heterocycles. The highest BCUT2D eigenvalue weighted by Gasteiger charge is 2.25. The maximum Gasteiger partial charge on any atom is 0.104 e. The fraction of sp³-hybridized carbons (Fsp3) is 0.769. The second-order valence-electron chi connectivity index (χ2n) is 8.62. The molecule has 1 rings (SSSR count). The highest BCUT2D eigenvalue weighted by atomic mass is 15.3. The minimum absolute atomic E-state index is 1.18. The molecule has 1 aromatic carbocycles. The number of rotatable bonds is 14. The molecule has 0 saturated carbocycles. The fourth-order valence-electron chi connectivity index (χ4n) is 4.44. The predicted molar refractivity (Wildman–Crippen MR) is 127 cm³/mol. The Kier molecular flexibility index (Phi) is 16.5. The predicted octanol–water partition coefficient (Wildman–Crippen LogP) is 5.85. The van der Waals surface area contributed by atoms with Gasteiger partial charge in [0.25, 0.3) is 0 Å². The fourth-order valence-corrected chi connectivity index (χ4v) is 4.44. The Morgan fingerprint density at radius 2 is 1.00 bits per heavy atom. The maximum atomic E-state index is 2.40. The third kappa shape index (κ3) is 11.2. The van der Waals surface area contributed by atoms with Crippen molar-refractivity contribution in [2.24, 2.45) is 0 Å². The van der Waals surface area contributed by atoms with E-state index in [1.54, 1.807) is 4.90 Å². The first-order valence-corrected chi connectivity index (χ1v) is 12.3. The second kappa shape index (κ2) is 17.0. The summed E-state index contributed by atoms with van der Waals surface area (Å²) in [6.45, 7) is 24.8. The average Bonchev–Trinajstić information content (AvgIpc) is 2.65. The number of hydrogen-bond donors (Lipinski definition) is 1. The molecule has 164 valence electrons. The van der Waals surface area contributed by atoms with Gasteiger partial charge in [0, 0.05) is 11.1 Å². The summed E-state index contributed by atoms with van der Waals surface area (Å²) in [5.74, 6) is 0. The first-order valence-electron chi connectivity index (χ1n) is 12.3. The Morgan fingerprint density at radius 1 is 0.607 bits per heavy atom. The zero-order valence-corrected chi connectivity index (χ0v) is 20.4. The summed E-state index contributed by atoms with van der Waals surface area (Å²) in [6, 6.07) is 9.58. The first kappa shape index (κ1) is 27.1. The summed E-state index contributed by atoms with van der Waals surface area (Å²) in [4.78, 5) is 1.73. The number of quaternary nitrogens is 2. The lowest BCUT2D eigenvalue weighted by molar-refractivity contribution is -0.941. The van der Waals surface area contributed by atoms with Crippen LogP contribution in [0.25, 0.3) is 0 Å². The zero-order chi connectivity index (χ0) is 21.3. The van der Waals surface area contributed by atoms with E-state index in [0.717, 1.165) is 0 Å². The largest absolute Gasteiger partial charge is 0.331 e. The summed E-state index contributed by atoms with van der Waals surface area (Å²) in [5.41, 5.74) is 3.02. The lowest BCUT2D eigenvalue weighted by Crippen LogP contribution is -3.10. The van der Waals surface area contributed by atoms with Gasteiger partial charge in [0.2, 0.25) is 0 Å². The van der Waals surface area contributed by atoms with Crippen LogP contribution in [0.5, 0.6) is 0 Å². The molecule has 0 saturated heterocycles. The van der Waals surface area contributed by atoms with E-state index in [1.807, 2.05) is 0 Å². The molecule has 1 N–H and O–H groups in total. The quantitative estimate of drug-likeness (QED) is 0.378. The van der Waals surface area contributed by atoms with Gasteiger partial charge < -0.3 is 9.38 Å². The van der Waals surface area contributed by atoms with Gasteiger partial charge in [-0.1, -0.05) is 79.2 Å². The van der Waals surface area contributed by atoms with Crippen LogP contribution in [0.15, 0.2) is 24.3 Å².